The lowest BCUT2D eigenvalue weighted by atomic mass is 10.3. The van der Waals surface area contributed by atoms with Gasteiger partial charge in [0.05, 0.1) is 8.66 Å². The first-order valence-corrected chi connectivity index (χ1v) is 6.97. The van der Waals surface area contributed by atoms with Gasteiger partial charge in [0.25, 0.3) is 5.91 Å². The Labute approximate surface area is 112 Å². The molecule has 0 spiro atoms. The van der Waals surface area contributed by atoms with Gasteiger partial charge in [-0.05, 0) is 34.5 Å². The Bertz CT molecular complexity index is 446. The van der Waals surface area contributed by atoms with Gasteiger partial charge >= 0.3 is 0 Å². The number of likely N-dealkylation sites (N-methyl/N-ethyl adjacent to an activating group) is 1. The van der Waals surface area contributed by atoms with Crippen LogP contribution in [0.2, 0.25) is 0 Å². The van der Waals surface area contributed by atoms with E-state index in [4.69, 9.17) is 0 Å². The third-order valence-electron chi connectivity index (χ3n) is 2.74. The molecule has 2 rings (SSSR count). The Morgan fingerprint density at radius 3 is 2.82 bits per heavy atom. The Morgan fingerprint density at radius 1 is 1.41 bits per heavy atom. The fraction of sp³-hybridized carbons (Fsp3) is 0.455. The van der Waals surface area contributed by atoms with E-state index in [0.29, 0.717) is 11.4 Å². The van der Waals surface area contributed by atoms with E-state index in [0.717, 1.165) is 16.8 Å². The van der Waals surface area contributed by atoms with Crippen LogP contribution in [0.25, 0.3) is 0 Å². The van der Waals surface area contributed by atoms with Crippen LogP contribution in [0.3, 0.4) is 0 Å². The molecular formula is C11H13BrN2O2S. The van der Waals surface area contributed by atoms with Crippen molar-refractivity contribution in [2.45, 2.75) is 6.42 Å². The molecule has 1 saturated heterocycles. The number of hydrogen-bond donors (Lipinski definition) is 0. The fourth-order valence-corrected chi connectivity index (χ4v) is 3.10. The van der Waals surface area contributed by atoms with Gasteiger partial charge in [-0.15, -0.1) is 11.3 Å². The highest BCUT2D eigenvalue weighted by atomic mass is 79.9. The number of thiophene rings is 1. The van der Waals surface area contributed by atoms with Crippen molar-refractivity contribution in [2.24, 2.45) is 0 Å². The van der Waals surface area contributed by atoms with E-state index in [1.165, 1.54) is 11.3 Å². The number of carbonyl (C=O) groups is 2. The van der Waals surface area contributed by atoms with Crippen LogP contribution in [0.4, 0.5) is 0 Å². The van der Waals surface area contributed by atoms with Gasteiger partial charge in [0.1, 0.15) is 6.54 Å². The molecule has 92 valence electrons. The molecule has 4 nitrogen and oxygen atoms in total. The van der Waals surface area contributed by atoms with Crippen LogP contribution < -0.4 is 0 Å². The maximum Gasteiger partial charge on any atom is 0.264 e. The third-order valence-corrected chi connectivity index (χ3v) is 4.36. The number of nitrogens with zero attached hydrogens (tertiary/aromatic N) is 2. The van der Waals surface area contributed by atoms with Gasteiger partial charge in [0.15, 0.2) is 0 Å². The molecule has 1 aliphatic rings. The normalized spacial score (nSPS) is 17.2. The van der Waals surface area contributed by atoms with Crippen molar-refractivity contribution in [3.8, 4) is 0 Å². The standard InChI is InChI=1S/C11H13BrN2O2S/c1-13-5-2-6-14(7-10(13)15)11(16)8-3-4-9(12)17-8/h3-4H,2,5-7H2,1H3. The second-order valence-corrected chi connectivity index (χ2v) is 6.46. The lowest BCUT2D eigenvalue weighted by Crippen LogP contribution is -2.37. The summed E-state index contributed by atoms with van der Waals surface area (Å²) in [5, 5.41) is 0. The molecular weight excluding hydrogens is 304 g/mol. The maximum absolute atomic E-state index is 12.2. The molecule has 1 fully saturated rings. The average Bonchev–Trinajstić information content (AvgIpc) is 2.65. The Hall–Kier alpha value is -0.880. The molecule has 1 aromatic heterocycles. The van der Waals surface area contributed by atoms with Crippen molar-refractivity contribution in [1.82, 2.24) is 9.80 Å². The SMILES string of the molecule is CN1CCCN(C(=O)c2ccc(Br)s2)CC1=O. The van der Waals surface area contributed by atoms with E-state index in [1.807, 2.05) is 6.07 Å². The van der Waals surface area contributed by atoms with Crippen LogP contribution in [0, 0.1) is 0 Å². The Balaban J connectivity index is 2.11. The van der Waals surface area contributed by atoms with E-state index >= 15 is 0 Å². The molecule has 0 saturated carbocycles. The van der Waals surface area contributed by atoms with Crippen molar-refractivity contribution in [2.75, 3.05) is 26.7 Å². The first kappa shape index (κ1) is 12.6. The topological polar surface area (TPSA) is 40.6 Å². The minimum atomic E-state index is -0.0515. The van der Waals surface area contributed by atoms with Crippen LogP contribution in [0.1, 0.15) is 16.1 Å². The highest BCUT2D eigenvalue weighted by molar-refractivity contribution is 9.11. The predicted molar refractivity (Wildman–Crippen MR) is 70.2 cm³/mol. The molecule has 0 bridgehead atoms. The van der Waals surface area contributed by atoms with Crippen LogP contribution in [0.5, 0.6) is 0 Å². The molecule has 0 N–H and O–H groups in total. The minimum Gasteiger partial charge on any atom is -0.344 e. The summed E-state index contributed by atoms with van der Waals surface area (Å²) in [6, 6.07) is 3.64. The highest BCUT2D eigenvalue weighted by Gasteiger charge is 2.24. The molecule has 0 aliphatic carbocycles. The van der Waals surface area contributed by atoms with Crippen LogP contribution in [-0.4, -0.2) is 48.3 Å². The van der Waals surface area contributed by atoms with E-state index in [1.54, 1.807) is 22.9 Å². The number of amides is 2. The van der Waals surface area contributed by atoms with Gasteiger partial charge in [0, 0.05) is 20.1 Å². The maximum atomic E-state index is 12.2. The first-order valence-electron chi connectivity index (χ1n) is 5.36. The average molecular weight is 317 g/mol. The molecule has 0 atom stereocenters. The Morgan fingerprint density at radius 2 is 2.18 bits per heavy atom. The van der Waals surface area contributed by atoms with Crippen LogP contribution in [-0.2, 0) is 4.79 Å². The molecule has 0 radical (unpaired) electrons. The molecule has 2 amide bonds. The zero-order valence-electron chi connectivity index (χ0n) is 9.48. The van der Waals surface area contributed by atoms with Crippen molar-refractivity contribution >= 4 is 39.1 Å². The largest absolute Gasteiger partial charge is 0.344 e. The zero-order chi connectivity index (χ0) is 12.4. The summed E-state index contributed by atoms with van der Waals surface area (Å²) in [4.78, 5) is 27.8. The molecule has 6 heteroatoms. The third kappa shape index (κ3) is 2.87. The minimum absolute atomic E-state index is 0.00599. The zero-order valence-corrected chi connectivity index (χ0v) is 11.9. The first-order chi connectivity index (χ1) is 8.08. The lowest BCUT2D eigenvalue weighted by Gasteiger charge is -2.18. The quantitative estimate of drug-likeness (QED) is 0.793. The second-order valence-electron chi connectivity index (χ2n) is 4.00. The molecule has 1 aromatic rings. The molecule has 17 heavy (non-hydrogen) atoms. The van der Waals surface area contributed by atoms with E-state index in [2.05, 4.69) is 15.9 Å². The fourth-order valence-electron chi connectivity index (χ4n) is 1.74. The summed E-state index contributed by atoms with van der Waals surface area (Å²) < 4.78 is 0.930. The smallest absolute Gasteiger partial charge is 0.264 e. The number of halogens is 1. The molecule has 0 unspecified atom stereocenters. The van der Waals surface area contributed by atoms with Crippen LogP contribution >= 0.6 is 27.3 Å². The van der Waals surface area contributed by atoms with Gasteiger partial charge < -0.3 is 9.80 Å². The van der Waals surface area contributed by atoms with Gasteiger partial charge in [0.2, 0.25) is 5.91 Å². The van der Waals surface area contributed by atoms with E-state index < -0.39 is 0 Å². The lowest BCUT2D eigenvalue weighted by molar-refractivity contribution is -0.129. The summed E-state index contributed by atoms with van der Waals surface area (Å²) in [5.41, 5.74) is 0. The van der Waals surface area contributed by atoms with Gasteiger partial charge in [-0.25, -0.2) is 0 Å². The second kappa shape index (κ2) is 5.18. The molecule has 1 aliphatic heterocycles. The number of rotatable bonds is 1. The number of hydrogen-bond acceptors (Lipinski definition) is 3. The van der Waals surface area contributed by atoms with Crippen LogP contribution in [0.15, 0.2) is 15.9 Å². The molecule has 0 aromatic carbocycles. The van der Waals surface area contributed by atoms with E-state index in [9.17, 15) is 9.59 Å². The van der Waals surface area contributed by atoms with Crippen molar-refractivity contribution in [3.05, 3.63) is 20.8 Å². The highest BCUT2D eigenvalue weighted by Crippen LogP contribution is 2.23. The summed E-state index contributed by atoms with van der Waals surface area (Å²) in [6.07, 6.45) is 0.834. The van der Waals surface area contributed by atoms with E-state index in [-0.39, 0.29) is 18.4 Å². The summed E-state index contributed by atoms with van der Waals surface area (Å²) in [7, 11) is 1.78. The van der Waals surface area contributed by atoms with Crippen molar-refractivity contribution in [1.29, 1.82) is 0 Å². The van der Waals surface area contributed by atoms with Gasteiger partial charge in [-0.2, -0.15) is 0 Å². The molecule has 2 heterocycles. The van der Waals surface area contributed by atoms with Crippen molar-refractivity contribution < 1.29 is 9.59 Å². The summed E-state index contributed by atoms with van der Waals surface area (Å²) >= 11 is 4.73. The monoisotopic (exact) mass is 316 g/mol. The Kier molecular flexibility index (Phi) is 3.83. The van der Waals surface area contributed by atoms with Gasteiger partial charge in [-0.3, -0.25) is 9.59 Å². The number of carbonyl (C=O) groups excluding carboxylic acids is 2. The predicted octanol–water partition coefficient (Wildman–Crippen LogP) is 1.81. The summed E-state index contributed by atoms with van der Waals surface area (Å²) in [6.45, 7) is 1.55. The van der Waals surface area contributed by atoms with Crippen molar-refractivity contribution in [3.63, 3.8) is 0 Å². The van der Waals surface area contributed by atoms with Gasteiger partial charge in [-0.1, -0.05) is 0 Å². The summed E-state index contributed by atoms with van der Waals surface area (Å²) in [5.74, 6) is -0.0455.